The van der Waals surface area contributed by atoms with Crippen molar-refractivity contribution in [1.82, 2.24) is 5.32 Å². The first kappa shape index (κ1) is 22.5. The molecule has 0 saturated heterocycles. The van der Waals surface area contributed by atoms with Gasteiger partial charge in [0, 0.05) is 23.6 Å². The molecule has 1 N–H and O–H groups in total. The van der Waals surface area contributed by atoms with E-state index in [1.807, 2.05) is 13.8 Å². The summed E-state index contributed by atoms with van der Waals surface area (Å²) in [6, 6.07) is 6.42. The number of ether oxygens (including phenoxy) is 2. The summed E-state index contributed by atoms with van der Waals surface area (Å²) in [7, 11) is 0. The number of hydrogen-bond donors (Lipinski definition) is 1. The second-order valence-corrected chi connectivity index (χ2v) is 7.65. The Bertz CT molecular complexity index is 902. The van der Waals surface area contributed by atoms with E-state index >= 15 is 0 Å². The molecule has 158 valence electrons. The van der Waals surface area contributed by atoms with Gasteiger partial charge in [-0.25, -0.2) is 9.59 Å². The number of nitrogens with one attached hydrogen (secondary N) is 1. The molecule has 0 radical (unpaired) electrons. The zero-order valence-electron chi connectivity index (χ0n) is 17.4. The van der Waals surface area contributed by atoms with Gasteiger partial charge in [-0.1, -0.05) is 26.7 Å². The number of carbonyl (C=O) groups is 2. The van der Waals surface area contributed by atoms with Crippen molar-refractivity contribution in [2.45, 2.75) is 53.0 Å². The Morgan fingerprint density at radius 1 is 1.10 bits per heavy atom. The molecular formula is C22H29NO6. The van der Waals surface area contributed by atoms with E-state index in [1.54, 1.807) is 18.2 Å². The van der Waals surface area contributed by atoms with Crippen LogP contribution in [0.5, 0.6) is 5.75 Å². The maximum Gasteiger partial charge on any atom is 0.344 e. The van der Waals surface area contributed by atoms with Crippen LogP contribution in [0.4, 0.5) is 0 Å². The van der Waals surface area contributed by atoms with Crippen LogP contribution in [0.15, 0.2) is 33.5 Å². The molecule has 1 atom stereocenters. The molecule has 0 aliphatic rings. The number of aryl methyl sites for hydroxylation is 1. The third-order valence-electron chi connectivity index (χ3n) is 4.47. The van der Waals surface area contributed by atoms with E-state index in [4.69, 9.17) is 13.9 Å². The number of benzene rings is 1. The highest BCUT2D eigenvalue weighted by atomic mass is 16.6. The zero-order chi connectivity index (χ0) is 21.4. The lowest BCUT2D eigenvalue weighted by Gasteiger charge is -2.14. The van der Waals surface area contributed by atoms with Gasteiger partial charge in [0.15, 0.2) is 13.2 Å². The minimum absolute atomic E-state index is 0.0342. The molecule has 0 aliphatic carbocycles. The molecule has 1 aromatic heterocycles. The maximum atomic E-state index is 11.9. The monoisotopic (exact) mass is 403 g/mol. The predicted molar refractivity (Wildman–Crippen MR) is 110 cm³/mol. The highest BCUT2D eigenvalue weighted by molar-refractivity contribution is 5.82. The highest BCUT2D eigenvalue weighted by Crippen LogP contribution is 2.22. The van der Waals surface area contributed by atoms with Crippen molar-refractivity contribution in [2.75, 3.05) is 13.2 Å². The van der Waals surface area contributed by atoms with Gasteiger partial charge in [-0.3, -0.25) is 4.79 Å². The van der Waals surface area contributed by atoms with Crippen molar-refractivity contribution >= 4 is 22.8 Å². The predicted octanol–water partition coefficient (Wildman–Crippen LogP) is 3.35. The number of carbonyl (C=O) groups excluding carboxylic acids is 2. The topological polar surface area (TPSA) is 94.8 Å². The molecule has 0 spiro atoms. The minimum Gasteiger partial charge on any atom is -0.482 e. The zero-order valence-corrected chi connectivity index (χ0v) is 17.4. The first-order chi connectivity index (χ1) is 13.7. The minimum atomic E-state index is -0.654. The van der Waals surface area contributed by atoms with E-state index in [0.717, 1.165) is 30.2 Å². The molecule has 1 amide bonds. The average Bonchev–Trinajstić information content (AvgIpc) is 2.63. The van der Waals surface area contributed by atoms with Gasteiger partial charge in [0.25, 0.3) is 5.91 Å². The number of amides is 1. The van der Waals surface area contributed by atoms with Gasteiger partial charge in [-0.05, 0) is 43.9 Å². The van der Waals surface area contributed by atoms with Crippen LogP contribution in [0.3, 0.4) is 0 Å². The number of fused-ring (bicyclic) bond motifs is 1. The summed E-state index contributed by atoms with van der Waals surface area (Å²) < 4.78 is 15.5. The van der Waals surface area contributed by atoms with Crippen LogP contribution < -0.4 is 15.7 Å². The molecule has 0 fully saturated rings. The first-order valence-electron chi connectivity index (χ1n) is 9.87. The van der Waals surface area contributed by atoms with E-state index in [0.29, 0.717) is 17.3 Å². The van der Waals surface area contributed by atoms with Gasteiger partial charge in [0.05, 0.1) is 0 Å². The lowest BCUT2D eigenvalue weighted by molar-refractivity contribution is -0.150. The summed E-state index contributed by atoms with van der Waals surface area (Å²) >= 11 is 0. The molecule has 2 aromatic rings. The number of hydrogen-bond acceptors (Lipinski definition) is 6. The molecule has 2 rings (SSSR count). The van der Waals surface area contributed by atoms with Crippen molar-refractivity contribution in [3.05, 3.63) is 40.2 Å². The summed E-state index contributed by atoms with van der Waals surface area (Å²) in [4.78, 5) is 35.2. The molecule has 1 heterocycles. The fourth-order valence-electron chi connectivity index (χ4n) is 2.95. The Kier molecular flexibility index (Phi) is 8.24. The second-order valence-electron chi connectivity index (χ2n) is 7.65. The van der Waals surface area contributed by atoms with Gasteiger partial charge in [-0.15, -0.1) is 0 Å². The summed E-state index contributed by atoms with van der Waals surface area (Å²) in [6.45, 7) is 7.39. The molecule has 0 unspecified atom stereocenters. The number of esters is 1. The van der Waals surface area contributed by atoms with Crippen molar-refractivity contribution in [2.24, 2.45) is 5.92 Å². The normalized spacial score (nSPS) is 12.0. The summed E-state index contributed by atoms with van der Waals surface area (Å²) in [5.74, 6) is 0.0182. The van der Waals surface area contributed by atoms with Gasteiger partial charge < -0.3 is 19.2 Å². The quantitative estimate of drug-likeness (QED) is 0.483. The largest absolute Gasteiger partial charge is 0.482 e. The van der Waals surface area contributed by atoms with Gasteiger partial charge in [0.2, 0.25) is 0 Å². The molecule has 0 aliphatic heterocycles. The van der Waals surface area contributed by atoms with Gasteiger partial charge in [0.1, 0.15) is 11.3 Å². The van der Waals surface area contributed by atoms with Crippen molar-refractivity contribution in [3.63, 3.8) is 0 Å². The summed E-state index contributed by atoms with van der Waals surface area (Å²) in [5, 5.41) is 3.60. The Morgan fingerprint density at radius 3 is 2.59 bits per heavy atom. The van der Waals surface area contributed by atoms with Crippen LogP contribution in [-0.2, 0) is 14.3 Å². The first-order valence-corrected chi connectivity index (χ1v) is 9.87. The summed E-state index contributed by atoms with van der Waals surface area (Å²) in [5.41, 5.74) is 0.731. The smallest absolute Gasteiger partial charge is 0.344 e. The third-order valence-corrected chi connectivity index (χ3v) is 4.47. The Labute approximate surface area is 170 Å². The highest BCUT2D eigenvalue weighted by Gasteiger charge is 2.12. The lowest BCUT2D eigenvalue weighted by atomic mass is 10.0. The number of rotatable bonds is 10. The fraction of sp³-hybridized carbons (Fsp3) is 0.500. The van der Waals surface area contributed by atoms with Crippen LogP contribution in [0.1, 0.15) is 45.6 Å². The molecule has 0 bridgehead atoms. The van der Waals surface area contributed by atoms with E-state index in [1.165, 1.54) is 6.07 Å². The van der Waals surface area contributed by atoms with Crippen LogP contribution in [0, 0.1) is 12.8 Å². The molecule has 0 saturated carbocycles. The molecule has 7 heteroatoms. The molecule has 29 heavy (non-hydrogen) atoms. The van der Waals surface area contributed by atoms with Crippen LogP contribution in [0.2, 0.25) is 0 Å². The molecular weight excluding hydrogens is 374 g/mol. The van der Waals surface area contributed by atoms with Crippen LogP contribution in [-0.4, -0.2) is 31.1 Å². The Balaban J connectivity index is 1.75. The Hall–Kier alpha value is -2.83. The van der Waals surface area contributed by atoms with Crippen LogP contribution in [0.25, 0.3) is 11.0 Å². The third kappa shape index (κ3) is 7.60. The van der Waals surface area contributed by atoms with Crippen molar-refractivity contribution in [3.8, 4) is 5.75 Å². The van der Waals surface area contributed by atoms with E-state index in [-0.39, 0.29) is 25.2 Å². The summed E-state index contributed by atoms with van der Waals surface area (Å²) in [6.07, 6.45) is 3.04. The fourth-order valence-corrected chi connectivity index (χ4v) is 2.95. The standard InChI is InChI=1S/C22H29NO6/c1-14(2)6-5-7-16(4)23-20(24)12-28-22(26)13-27-17-8-9-18-15(3)10-21(25)29-19(18)11-17/h8-11,14,16H,5-7,12-13H2,1-4H3,(H,23,24)/t16-/m0/s1. The molecule has 7 nitrogen and oxygen atoms in total. The van der Waals surface area contributed by atoms with E-state index in [2.05, 4.69) is 19.2 Å². The maximum absolute atomic E-state index is 11.9. The van der Waals surface area contributed by atoms with Gasteiger partial charge in [-0.2, -0.15) is 0 Å². The average molecular weight is 403 g/mol. The van der Waals surface area contributed by atoms with Crippen molar-refractivity contribution in [1.29, 1.82) is 0 Å². The second kappa shape index (κ2) is 10.6. The molecule has 1 aromatic carbocycles. The Morgan fingerprint density at radius 2 is 1.86 bits per heavy atom. The lowest BCUT2D eigenvalue weighted by Crippen LogP contribution is -2.36. The van der Waals surface area contributed by atoms with Crippen LogP contribution >= 0.6 is 0 Å². The van der Waals surface area contributed by atoms with E-state index < -0.39 is 11.6 Å². The SMILES string of the molecule is Cc1cc(=O)oc2cc(OCC(=O)OCC(=O)N[C@@H](C)CCCC(C)C)ccc12. The van der Waals surface area contributed by atoms with Gasteiger partial charge >= 0.3 is 11.6 Å². The van der Waals surface area contributed by atoms with E-state index in [9.17, 15) is 14.4 Å². The van der Waals surface area contributed by atoms with Crippen molar-refractivity contribution < 1.29 is 23.5 Å².